The van der Waals surface area contributed by atoms with E-state index >= 15 is 0 Å². The lowest BCUT2D eigenvalue weighted by Crippen LogP contribution is -2.19. The molecule has 2 aromatic rings. The predicted molar refractivity (Wildman–Crippen MR) is 83.2 cm³/mol. The Morgan fingerprint density at radius 2 is 1.90 bits per heavy atom. The largest absolute Gasteiger partial charge is 0.329 e. The van der Waals surface area contributed by atoms with Crippen molar-refractivity contribution in [3.8, 4) is 0 Å². The quantitative estimate of drug-likeness (QED) is 0.661. The second-order valence-electron chi connectivity index (χ2n) is 5.10. The van der Waals surface area contributed by atoms with E-state index in [2.05, 4.69) is 53.2 Å². The van der Waals surface area contributed by atoms with E-state index in [0.29, 0.717) is 5.82 Å². The summed E-state index contributed by atoms with van der Waals surface area (Å²) in [5, 5.41) is 0. The molecule has 0 saturated heterocycles. The number of hydrogen-bond acceptors (Lipinski definition) is 5. The third kappa shape index (κ3) is 2.58. The molecular weight excluding hydrogens is 250 g/mol. The topological polar surface area (TPSA) is 67.1 Å². The van der Waals surface area contributed by atoms with Crippen molar-refractivity contribution in [3.05, 3.63) is 41.7 Å². The summed E-state index contributed by atoms with van der Waals surface area (Å²) in [6, 6.07) is 8.22. The summed E-state index contributed by atoms with van der Waals surface area (Å²) in [7, 11) is 2.01. The van der Waals surface area contributed by atoms with E-state index in [1.54, 1.807) is 0 Å². The minimum atomic E-state index is 0.267. The van der Waals surface area contributed by atoms with Gasteiger partial charge in [0.1, 0.15) is 18.0 Å². The highest BCUT2D eigenvalue weighted by Crippen LogP contribution is 2.34. The molecular formula is C15H21N5. The molecule has 1 aromatic heterocycles. The van der Waals surface area contributed by atoms with Crippen molar-refractivity contribution < 1.29 is 0 Å². The van der Waals surface area contributed by atoms with Gasteiger partial charge < -0.3 is 10.3 Å². The molecule has 1 heterocycles. The number of aromatic nitrogens is 2. The molecule has 5 nitrogen and oxygen atoms in total. The first-order valence-electron chi connectivity index (χ1n) is 6.67. The van der Waals surface area contributed by atoms with E-state index in [9.17, 15) is 0 Å². The summed E-state index contributed by atoms with van der Waals surface area (Å²) < 4.78 is 0. The number of aryl methyl sites for hydroxylation is 1. The Morgan fingerprint density at radius 1 is 1.20 bits per heavy atom. The van der Waals surface area contributed by atoms with Crippen LogP contribution >= 0.6 is 0 Å². The molecule has 0 unspecified atom stereocenters. The van der Waals surface area contributed by atoms with Crippen LogP contribution in [0, 0.1) is 6.92 Å². The van der Waals surface area contributed by atoms with E-state index in [1.807, 2.05) is 19.2 Å². The number of nitrogen functional groups attached to an aromatic ring is 1. The highest BCUT2D eigenvalue weighted by Gasteiger charge is 2.18. The Hall–Kier alpha value is -2.14. The Bertz CT molecular complexity index is 595. The summed E-state index contributed by atoms with van der Waals surface area (Å²) in [5.74, 6) is 7.38. The van der Waals surface area contributed by atoms with Crippen LogP contribution in [0.1, 0.15) is 30.9 Å². The lowest BCUT2D eigenvalue weighted by molar-refractivity contribution is 0.839. The number of rotatable bonds is 4. The monoisotopic (exact) mass is 271 g/mol. The van der Waals surface area contributed by atoms with Crippen LogP contribution in [0.3, 0.4) is 0 Å². The number of para-hydroxylation sites is 1. The Kier molecular flexibility index (Phi) is 4.20. The molecule has 0 aliphatic carbocycles. The fourth-order valence-corrected chi connectivity index (χ4v) is 2.35. The van der Waals surface area contributed by atoms with Gasteiger partial charge in [-0.1, -0.05) is 32.0 Å². The second kappa shape index (κ2) is 5.88. The van der Waals surface area contributed by atoms with Gasteiger partial charge in [-0.25, -0.2) is 15.8 Å². The van der Waals surface area contributed by atoms with E-state index < -0.39 is 0 Å². The number of anilines is 3. The summed E-state index contributed by atoms with van der Waals surface area (Å²) in [6.07, 6.45) is 1.53. The molecule has 20 heavy (non-hydrogen) atoms. The van der Waals surface area contributed by atoms with Crippen LogP contribution in [0.2, 0.25) is 0 Å². The zero-order chi connectivity index (χ0) is 14.7. The van der Waals surface area contributed by atoms with Gasteiger partial charge >= 0.3 is 0 Å². The minimum absolute atomic E-state index is 0.267. The van der Waals surface area contributed by atoms with E-state index in [0.717, 1.165) is 17.1 Å². The standard InChI is InChI=1S/C15H21N5/c1-10(2)13-14(19-16)17-9-18-15(13)20(4)12-8-6-5-7-11(12)3/h5-10H,16H2,1-4H3,(H,17,18,19). The van der Waals surface area contributed by atoms with Crippen LogP contribution < -0.4 is 16.2 Å². The third-order valence-electron chi connectivity index (χ3n) is 3.37. The molecule has 106 valence electrons. The van der Waals surface area contributed by atoms with Gasteiger partial charge in [0.05, 0.1) is 0 Å². The fourth-order valence-electron chi connectivity index (χ4n) is 2.35. The number of nitrogens with zero attached hydrogens (tertiary/aromatic N) is 3. The summed E-state index contributed by atoms with van der Waals surface area (Å²) in [4.78, 5) is 10.7. The summed E-state index contributed by atoms with van der Waals surface area (Å²) in [6.45, 7) is 6.30. The van der Waals surface area contributed by atoms with Gasteiger partial charge in [-0.15, -0.1) is 0 Å². The first kappa shape index (κ1) is 14.3. The molecule has 0 fully saturated rings. The van der Waals surface area contributed by atoms with E-state index in [-0.39, 0.29) is 5.92 Å². The van der Waals surface area contributed by atoms with Crippen molar-refractivity contribution in [2.45, 2.75) is 26.7 Å². The van der Waals surface area contributed by atoms with Gasteiger partial charge in [-0.05, 0) is 24.5 Å². The van der Waals surface area contributed by atoms with Crippen molar-refractivity contribution >= 4 is 17.3 Å². The molecule has 1 aromatic carbocycles. The number of benzene rings is 1. The predicted octanol–water partition coefficient (Wildman–Crippen LogP) is 2.96. The minimum Gasteiger partial charge on any atom is -0.329 e. The molecule has 0 spiro atoms. The zero-order valence-corrected chi connectivity index (χ0v) is 12.4. The fraction of sp³-hybridized carbons (Fsp3) is 0.333. The average Bonchev–Trinajstić information content (AvgIpc) is 2.46. The maximum atomic E-state index is 5.57. The molecule has 5 heteroatoms. The van der Waals surface area contributed by atoms with Crippen LogP contribution in [0.4, 0.5) is 17.3 Å². The molecule has 0 atom stereocenters. The van der Waals surface area contributed by atoms with E-state index in [4.69, 9.17) is 5.84 Å². The normalized spacial score (nSPS) is 10.7. The van der Waals surface area contributed by atoms with Crippen molar-refractivity contribution in [1.29, 1.82) is 0 Å². The number of hydrogen-bond donors (Lipinski definition) is 2. The smallest absolute Gasteiger partial charge is 0.148 e. The van der Waals surface area contributed by atoms with Gasteiger partial charge in [0.25, 0.3) is 0 Å². The molecule has 0 amide bonds. The zero-order valence-electron chi connectivity index (χ0n) is 12.4. The highest BCUT2D eigenvalue weighted by molar-refractivity contribution is 5.69. The van der Waals surface area contributed by atoms with Gasteiger partial charge in [-0.2, -0.15) is 0 Å². The van der Waals surface area contributed by atoms with Gasteiger partial charge in [0.15, 0.2) is 0 Å². The maximum absolute atomic E-state index is 5.57. The summed E-state index contributed by atoms with van der Waals surface area (Å²) >= 11 is 0. The maximum Gasteiger partial charge on any atom is 0.148 e. The summed E-state index contributed by atoms with van der Waals surface area (Å²) in [5.41, 5.74) is 6.00. The first-order valence-corrected chi connectivity index (χ1v) is 6.67. The Balaban J connectivity index is 2.55. The highest BCUT2D eigenvalue weighted by atomic mass is 15.3. The van der Waals surface area contributed by atoms with Crippen molar-refractivity contribution in [2.75, 3.05) is 17.4 Å². The van der Waals surface area contributed by atoms with Crippen molar-refractivity contribution in [1.82, 2.24) is 9.97 Å². The molecule has 0 radical (unpaired) electrons. The van der Waals surface area contributed by atoms with Crippen LogP contribution in [0.25, 0.3) is 0 Å². The second-order valence-corrected chi connectivity index (χ2v) is 5.10. The SMILES string of the molecule is Cc1ccccc1N(C)c1ncnc(NN)c1C(C)C. The first-order chi connectivity index (χ1) is 9.56. The van der Waals surface area contributed by atoms with Crippen molar-refractivity contribution in [2.24, 2.45) is 5.84 Å². The van der Waals surface area contributed by atoms with Crippen LogP contribution in [-0.4, -0.2) is 17.0 Å². The Labute approximate surface area is 119 Å². The van der Waals surface area contributed by atoms with E-state index in [1.165, 1.54) is 11.9 Å². The average molecular weight is 271 g/mol. The van der Waals surface area contributed by atoms with Crippen LogP contribution in [-0.2, 0) is 0 Å². The third-order valence-corrected chi connectivity index (χ3v) is 3.37. The molecule has 0 saturated carbocycles. The lowest BCUT2D eigenvalue weighted by Gasteiger charge is -2.25. The molecule has 2 rings (SSSR count). The molecule has 0 bridgehead atoms. The number of hydrazine groups is 1. The molecule has 0 aliphatic rings. The van der Waals surface area contributed by atoms with Crippen molar-refractivity contribution in [3.63, 3.8) is 0 Å². The Morgan fingerprint density at radius 3 is 2.50 bits per heavy atom. The number of nitrogens with two attached hydrogens (primary N) is 1. The lowest BCUT2D eigenvalue weighted by atomic mass is 10.0. The molecule has 3 N–H and O–H groups in total. The molecule has 0 aliphatic heterocycles. The van der Waals surface area contributed by atoms with Gasteiger partial charge in [0, 0.05) is 18.3 Å². The van der Waals surface area contributed by atoms with Crippen LogP contribution in [0.5, 0.6) is 0 Å². The number of nitrogens with one attached hydrogen (secondary N) is 1. The van der Waals surface area contributed by atoms with Gasteiger partial charge in [0.2, 0.25) is 0 Å². The van der Waals surface area contributed by atoms with Gasteiger partial charge in [-0.3, -0.25) is 0 Å². The van der Waals surface area contributed by atoms with Crippen LogP contribution in [0.15, 0.2) is 30.6 Å².